The van der Waals surface area contributed by atoms with Gasteiger partial charge in [0.2, 0.25) is 6.08 Å². The molecule has 0 aromatic carbocycles. The molecule has 8 heteroatoms. The van der Waals surface area contributed by atoms with Gasteiger partial charge >= 0.3 is 6.18 Å². The summed E-state index contributed by atoms with van der Waals surface area (Å²) in [5.74, 6) is 0. The lowest BCUT2D eigenvalue weighted by Crippen LogP contribution is -2.05. The third kappa shape index (κ3) is 2.27. The molecule has 13 heavy (non-hydrogen) atoms. The third-order valence-electron chi connectivity index (χ3n) is 0.999. The van der Waals surface area contributed by atoms with E-state index < -0.39 is 16.9 Å². The minimum absolute atomic E-state index is 0.318. The first kappa shape index (κ1) is 10.2. The molecule has 3 nitrogen and oxygen atoms in total. The fraction of sp³-hybridized carbons (Fsp3) is 0.200. The Kier molecular flexibility index (Phi) is 2.70. The number of nitrogens with zero attached hydrogens (tertiary/aromatic N) is 2. The van der Waals surface area contributed by atoms with Crippen LogP contribution in [0.4, 0.5) is 18.2 Å². The molecule has 0 atom stereocenters. The fourth-order valence-corrected chi connectivity index (χ4v) is 1.53. The van der Waals surface area contributed by atoms with E-state index in [9.17, 15) is 18.0 Å². The monoisotopic (exact) mass is 228 g/mol. The average molecular weight is 229 g/mol. The summed E-state index contributed by atoms with van der Waals surface area (Å²) in [6, 6.07) is 0. The molecule has 1 rings (SSSR count). The number of alkyl halides is 3. The van der Waals surface area contributed by atoms with Crippen molar-refractivity contribution in [3.63, 3.8) is 0 Å². The van der Waals surface area contributed by atoms with Gasteiger partial charge in [-0.05, 0) is 0 Å². The first-order chi connectivity index (χ1) is 5.95. The van der Waals surface area contributed by atoms with Crippen LogP contribution in [0.1, 0.15) is 5.69 Å². The van der Waals surface area contributed by atoms with Gasteiger partial charge in [-0.3, -0.25) is 0 Å². The quantitative estimate of drug-likeness (QED) is 0.548. The predicted octanol–water partition coefficient (Wildman–Crippen LogP) is 2.78. The third-order valence-corrected chi connectivity index (χ3v) is 2.05. The van der Waals surface area contributed by atoms with E-state index in [0.29, 0.717) is 11.3 Å². The second-order valence-corrected chi connectivity index (χ2v) is 3.38. The number of aromatic nitrogens is 1. The van der Waals surface area contributed by atoms with Crippen LogP contribution >= 0.6 is 22.9 Å². The maximum atomic E-state index is 12.1. The van der Waals surface area contributed by atoms with Crippen LogP contribution in [-0.2, 0) is 11.0 Å². The molecule has 0 amide bonds. The van der Waals surface area contributed by atoms with E-state index in [1.165, 1.54) is 0 Å². The van der Waals surface area contributed by atoms with Crippen molar-refractivity contribution in [1.29, 1.82) is 0 Å². The van der Waals surface area contributed by atoms with E-state index in [1.807, 2.05) is 0 Å². The summed E-state index contributed by atoms with van der Waals surface area (Å²) >= 11 is 5.70. The second kappa shape index (κ2) is 3.45. The number of thiazole rings is 1. The van der Waals surface area contributed by atoms with Crippen molar-refractivity contribution in [3.05, 3.63) is 10.2 Å². The normalized spacial score (nSPS) is 11.1. The van der Waals surface area contributed by atoms with Gasteiger partial charge in [0, 0.05) is 0 Å². The van der Waals surface area contributed by atoms with Gasteiger partial charge in [-0.1, -0.05) is 22.9 Å². The number of hydrogen-bond acceptors (Lipinski definition) is 4. The molecule has 0 aliphatic heterocycles. The Hall–Kier alpha value is -0.910. The predicted molar refractivity (Wildman–Crippen MR) is 39.9 cm³/mol. The molecule has 1 heterocycles. The maximum Gasteiger partial charge on any atom is 0.436 e. The number of isocyanates is 1. The molecular formula is C5ClF3N2OS. The number of rotatable bonds is 1. The van der Waals surface area contributed by atoms with Crippen molar-refractivity contribution in [2.45, 2.75) is 6.18 Å². The molecule has 0 aliphatic rings. The lowest BCUT2D eigenvalue weighted by Gasteiger charge is -2.00. The standard InChI is InChI=1S/C5ClF3N2OS/c6-4-11-2(5(7,8)9)3(13-4)10-1-12. The molecule has 1 aromatic heterocycles. The van der Waals surface area contributed by atoms with Crippen LogP contribution in [0, 0.1) is 0 Å². The summed E-state index contributed by atoms with van der Waals surface area (Å²) in [7, 11) is 0. The van der Waals surface area contributed by atoms with E-state index in [2.05, 4.69) is 9.98 Å². The van der Waals surface area contributed by atoms with Crippen molar-refractivity contribution in [3.8, 4) is 0 Å². The van der Waals surface area contributed by atoms with Crippen LogP contribution in [0.3, 0.4) is 0 Å². The van der Waals surface area contributed by atoms with Gasteiger partial charge in [0.15, 0.2) is 15.2 Å². The SMILES string of the molecule is O=C=Nc1sc(Cl)nc1C(F)(F)F. The Bertz CT molecular complexity index is 368. The molecule has 0 spiro atoms. The van der Waals surface area contributed by atoms with E-state index >= 15 is 0 Å². The Morgan fingerprint density at radius 1 is 1.54 bits per heavy atom. The Morgan fingerprint density at radius 2 is 2.15 bits per heavy atom. The van der Waals surface area contributed by atoms with Gasteiger partial charge in [-0.15, -0.1) is 0 Å². The number of hydrogen-bond donors (Lipinski definition) is 0. The van der Waals surface area contributed by atoms with Gasteiger partial charge in [0.1, 0.15) is 0 Å². The van der Waals surface area contributed by atoms with Crippen LogP contribution in [0.25, 0.3) is 0 Å². The van der Waals surface area contributed by atoms with Crippen molar-refractivity contribution in [2.24, 2.45) is 4.99 Å². The van der Waals surface area contributed by atoms with Crippen LogP contribution < -0.4 is 0 Å². The maximum absolute atomic E-state index is 12.1. The second-order valence-electron chi connectivity index (χ2n) is 1.82. The molecule has 0 saturated carbocycles. The van der Waals surface area contributed by atoms with Crippen molar-refractivity contribution in [1.82, 2.24) is 4.98 Å². The van der Waals surface area contributed by atoms with E-state index in [0.717, 1.165) is 6.08 Å². The number of carbonyl (C=O) groups excluding carboxylic acids is 1. The molecule has 0 aliphatic carbocycles. The molecule has 1 aromatic rings. The minimum atomic E-state index is -4.65. The minimum Gasteiger partial charge on any atom is -0.218 e. The fourth-order valence-electron chi connectivity index (χ4n) is 0.589. The average Bonchev–Trinajstić information content (AvgIpc) is 2.30. The summed E-state index contributed by atoms with van der Waals surface area (Å²) in [6.07, 6.45) is -3.66. The number of aliphatic imine (C=N–C) groups is 1. The van der Waals surface area contributed by atoms with Crippen LogP contribution in [-0.4, -0.2) is 11.1 Å². The lowest BCUT2D eigenvalue weighted by molar-refractivity contribution is -0.140. The van der Waals surface area contributed by atoms with Crippen molar-refractivity contribution >= 4 is 34.0 Å². The first-order valence-electron chi connectivity index (χ1n) is 2.76. The molecule has 0 bridgehead atoms. The van der Waals surface area contributed by atoms with Gasteiger partial charge in [0.05, 0.1) is 0 Å². The Morgan fingerprint density at radius 3 is 2.62 bits per heavy atom. The molecule has 0 radical (unpaired) electrons. The van der Waals surface area contributed by atoms with Crippen molar-refractivity contribution < 1.29 is 18.0 Å². The van der Waals surface area contributed by atoms with E-state index in [4.69, 9.17) is 11.6 Å². The summed E-state index contributed by atoms with van der Waals surface area (Å²) in [6.45, 7) is 0. The highest BCUT2D eigenvalue weighted by atomic mass is 35.5. The lowest BCUT2D eigenvalue weighted by atomic mass is 10.4. The summed E-state index contributed by atoms with van der Waals surface area (Å²) in [5, 5.41) is -0.576. The van der Waals surface area contributed by atoms with Gasteiger partial charge in [-0.2, -0.15) is 18.2 Å². The summed E-state index contributed by atoms with van der Waals surface area (Å²) in [4.78, 5) is 15.6. The summed E-state index contributed by atoms with van der Waals surface area (Å²) < 4.78 is 35.9. The molecular weight excluding hydrogens is 229 g/mol. The summed E-state index contributed by atoms with van der Waals surface area (Å²) in [5.41, 5.74) is -1.26. The van der Waals surface area contributed by atoms with Gasteiger partial charge < -0.3 is 0 Å². The van der Waals surface area contributed by atoms with E-state index in [-0.39, 0.29) is 4.47 Å². The molecule has 0 saturated heterocycles. The van der Waals surface area contributed by atoms with Gasteiger partial charge in [-0.25, -0.2) is 9.78 Å². The van der Waals surface area contributed by atoms with Gasteiger partial charge in [0.25, 0.3) is 0 Å². The van der Waals surface area contributed by atoms with Crippen LogP contribution in [0.15, 0.2) is 4.99 Å². The zero-order valence-corrected chi connectivity index (χ0v) is 7.30. The van der Waals surface area contributed by atoms with E-state index in [1.54, 1.807) is 0 Å². The zero-order valence-electron chi connectivity index (χ0n) is 5.72. The highest BCUT2D eigenvalue weighted by Gasteiger charge is 2.37. The molecule has 0 unspecified atom stereocenters. The smallest absolute Gasteiger partial charge is 0.218 e. The topological polar surface area (TPSA) is 42.3 Å². The highest BCUT2D eigenvalue weighted by molar-refractivity contribution is 7.19. The first-order valence-corrected chi connectivity index (χ1v) is 3.96. The van der Waals surface area contributed by atoms with Crippen LogP contribution in [0.5, 0.6) is 0 Å². The molecule has 0 fully saturated rings. The highest BCUT2D eigenvalue weighted by Crippen LogP contribution is 2.40. The number of halogens is 4. The Balaban J connectivity index is 3.27. The van der Waals surface area contributed by atoms with Crippen molar-refractivity contribution in [2.75, 3.05) is 0 Å². The molecule has 0 N–H and O–H groups in total. The molecule has 70 valence electrons. The zero-order chi connectivity index (χ0) is 10.1. The Labute approximate surface area is 78.9 Å². The largest absolute Gasteiger partial charge is 0.436 e. The van der Waals surface area contributed by atoms with Crippen LogP contribution in [0.2, 0.25) is 4.47 Å².